The van der Waals surface area contributed by atoms with Crippen LogP contribution in [0.3, 0.4) is 0 Å². The van der Waals surface area contributed by atoms with Crippen molar-refractivity contribution < 1.29 is 14.3 Å². The highest BCUT2D eigenvalue weighted by atomic mass is 35.5. The van der Waals surface area contributed by atoms with Gasteiger partial charge < -0.3 is 20.7 Å². The largest absolute Gasteiger partial charge is 0.481 e. The molecule has 0 spiro atoms. The van der Waals surface area contributed by atoms with Gasteiger partial charge in [0.1, 0.15) is 10.7 Å². The van der Waals surface area contributed by atoms with Crippen LogP contribution in [-0.4, -0.2) is 48.1 Å². The summed E-state index contributed by atoms with van der Waals surface area (Å²) in [6, 6.07) is -0.206. The third-order valence-electron chi connectivity index (χ3n) is 7.17. The van der Waals surface area contributed by atoms with Gasteiger partial charge in [-0.05, 0) is 50.4 Å². The molecule has 0 unspecified atom stereocenters. The summed E-state index contributed by atoms with van der Waals surface area (Å²) in [5, 5.41) is 16.4. The SMILES string of the molecule is O=C(O)[C@H]1C2CCC(CC2)[C@@H]1Nc1nc(-c2c[nH]c3ncc(Cl)nc23)nc(NC2CC2)c1F. The van der Waals surface area contributed by atoms with Gasteiger partial charge in [-0.2, -0.15) is 4.39 Å². The van der Waals surface area contributed by atoms with E-state index in [0.717, 1.165) is 38.5 Å². The first kappa shape index (κ1) is 20.6. The number of aliphatic carboxylic acids is 1. The number of anilines is 2. The summed E-state index contributed by atoms with van der Waals surface area (Å²) in [6.07, 6.45) is 8.69. The fourth-order valence-electron chi connectivity index (χ4n) is 5.39. The van der Waals surface area contributed by atoms with Gasteiger partial charge in [-0.1, -0.05) is 11.6 Å². The Balaban J connectivity index is 1.43. The minimum Gasteiger partial charge on any atom is -0.481 e. The highest BCUT2D eigenvalue weighted by Crippen LogP contribution is 2.46. The molecule has 4 fully saturated rings. The van der Waals surface area contributed by atoms with Gasteiger partial charge in [0.05, 0.1) is 17.7 Å². The van der Waals surface area contributed by atoms with Crippen LogP contribution in [0.1, 0.15) is 38.5 Å². The van der Waals surface area contributed by atoms with Crippen LogP contribution in [0.5, 0.6) is 0 Å². The van der Waals surface area contributed by atoms with Crippen LogP contribution in [0.4, 0.5) is 16.0 Å². The van der Waals surface area contributed by atoms with Crippen LogP contribution < -0.4 is 10.6 Å². The van der Waals surface area contributed by atoms with Crippen molar-refractivity contribution in [2.24, 2.45) is 17.8 Å². The first-order valence-corrected chi connectivity index (χ1v) is 11.7. The third-order valence-corrected chi connectivity index (χ3v) is 7.35. The van der Waals surface area contributed by atoms with E-state index in [1.807, 2.05) is 0 Å². The summed E-state index contributed by atoms with van der Waals surface area (Å²) >= 11 is 6.04. The molecule has 0 aliphatic heterocycles. The third kappa shape index (κ3) is 3.66. The Kier molecular flexibility index (Phi) is 4.86. The topological polar surface area (TPSA) is 129 Å². The summed E-state index contributed by atoms with van der Waals surface area (Å²) in [5.41, 5.74) is 1.54. The molecule has 11 heteroatoms. The molecule has 4 saturated carbocycles. The lowest BCUT2D eigenvalue weighted by molar-refractivity contribution is -0.148. The van der Waals surface area contributed by atoms with Gasteiger partial charge in [-0.15, -0.1) is 0 Å². The van der Waals surface area contributed by atoms with E-state index in [-0.39, 0.29) is 46.5 Å². The van der Waals surface area contributed by atoms with E-state index in [1.165, 1.54) is 6.20 Å². The van der Waals surface area contributed by atoms with Crippen molar-refractivity contribution in [3.8, 4) is 11.4 Å². The molecule has 4 aliphatic carbocycles. The molecule has 9 nitrogen and oxygen atoms in total. The zero-order chi connectivity index (χ0) is 22.7. The number of hydrogen-bond donors (Lipinski definition) is 4. The number of H-pyrrole nitrogens is 1. The second-order valence-electron chi connectivity index (χ2n) is 9.28. The summed E-state index contributed by atoms with van der Waals surface area (Å²) in [7, 11) is 0. The predicted octanol–water partition coefficient (Wildman–Crippen LogP) is 4.08. The van der Waals surface area contributed by atoms with Crippen molar-refractivity contribution in [2.75, 3.05) is 10.6 Å². The zero-order valence-electron chi connectivity index (χ0n) is 17.7. The second-order valence-corrected chi connectivity index (χ2v) is 9.67. The molecule has 0 saturated heterocycles. The van der Waals surface area contributed by atoms with Crippen molar-refractivity contribution >= 4 is 40.4 Å². The normalized spacial score (nSPS) is 26.5. The Labute approximate surface area is 193 Å². The number of rotatable bonds is 6. The molecule has 4 aliphatic rings. The molecule has 3 aromatic heterocycles. The van der Waals surface area contributed by atoms with Crippen LogP contribution in [0, 0.1) is 23.6 Å². The van der Waals surface area contributed by atoms with E-state index >= 15 is 4.39 Å². The Morgan fingerprint density at radius 2 is 1.76 bits per heavy atom. The standard InChI is InChI=1S/C22H23ClFN7O2/c23-13-8-26-21-17(28-13)12(7-25-21)18-30-19(27-11-5-6-11)15(24)20(31-18)29-16-10-3-1-9(2-4-10)14(16)22(32)33/h7-11,14,16H,1-6H2,(H,25,26)(H,32,33)(H2,27,29,30,31)/t9?,10?,14-,16-/m0/s1. The molecule has 2 bridgehead atoms. The Bertz CT molecular complexity index is 1240. The first-order valence-electron chi connectivity index (χ1n) is 11.3. The summed E-state index contributed by atoms with van der Waals surface area (Å²) in [4.78, 5) is 32.6. The molecular formula is C22H23ClFN7O2. The van der Waals surface area contributed by atoms with E-state index in [2.05, 4.69) is 35.6 Å². The number of hydrogen-bond acceptors (Lipinski definition) is 7. The maximum atomic E-state index is 15.5. The summed E-state index contributed by atoms with van der Waals surface area (Å²) in [5.74, 6) is -1.35. The van der Waals surface area contributed by atoms with Crippen LogP contribution >= 0.6 is 11.6 Å². The van der Waals surface area contributed by atoms with Gasteiger partial charge in [0.15, 0.2) is 23.1 Å². The molecule has 4 N–H and O–H groups in total. The van der Waals surface area contributed by atoms with Gasteiger partial charge in [-0.25, -0.2) is 19.9 Å². The number of aromatic nitrogens is 5. The molecule has 0 radical (unpaired) electrons. The van der Waals surface area contributed by atoms with Crippen LogP contribution in [0.15, 0.2) is 12.4 Å². The van der Waals surface area contributed by atoms with Gasteiger partial charge in [0.2, 0.25) is 5.82 Å². The first-order chi connectivity index (χ1) is 16.0. The Morgan fingerprint density at radius 3 is 2.45 bits per heavy atom. The average molecular weight is 472 g/mol. The van der Waals surface area contributed by atoms with E-state index in [4.69, 9.17) is 11.6 Å². The van der Waals surface area contributed by atoms with E-state index < -0.39 is 17.7 Å². The van der Waals surface area contributed by atoms with Gasteiger partial charge >= 0.3 is 5.97 Å². The number of aromatic amines is 1. The van der Waals surface area contributed by atoms with Gasteiger partial charge in [-0.3, -0.25) is 4.79 Å². The van der Waals surface area contributed by atoms with Crippen LogP contribution in [0.2, 0.25) is 5.15 Å². The lowest BCUT2D eigenvalue weighted by Crippen LogP contribution is -2.51. The fraction of sp³-hybridized carbons (Fsp3) is 0.500. The number of halogens is 2. The number of carbonyl (C=O) groups is 1. The number of fused-ring (bicyclic) bond motifs is 4. The molecule has 3 heterocycles. The minimum absolute atomic E-state index is 0.0105. The predicted molar refractivity (Wildman–Crippen MR) is 121 cm³/mol. The molecular weight excluding hydrogens is 449 g/mol. The monoisotopic (exact) mass is 471 g/mol. The van der Waals surface area contributed by atoms with Crippen molar-refractivity contribution in [2.45, 2.75) is 50.6 Å². The lowest BCUT2D eigenvalue weighted by Gasteiger charge is -2.47. The van der Waals surface area contributed by atoms with Crippen LogP contribution in [0.25, 0.3) is 22.6 Å². The zero-order valence-corrected chi connectivity index (χ0v) is 18.4. The number of carboxylic acids is 1. The Hall–Kier alpha value is -3.01. The molecule has 33 heavy (non-hydrogen) atoms. The number of nitrogens with zero attached hydrogens (tertiary/aromatic N) is 4. The van der Waals surface area contributed by atoms with Gasteiger partial charge in [0, 0.05) is 18.3 Å². The minimum atomic E-state index is -0.838. The van der Waals surface area contributed by atoms with Crippen molar-refractivity contribution in [1.29, 1.82) is 0 Å². The molecule has 0 aromatic carbocycles. The van der Waals surface area contributed by atoms with Crippen molar-refractivity contribution in [3.05, 3.63) is 23.4 Å². The van der Waals surface area contributed by atoms with E-state index in [0.29, 0.717) is 16.7 Å². The van der Waals surface area contributed by atoms with Crippen LogP contribution in [-0.2, 0) is 4.79 Å². The molecule has 3 aromatic rings. The summed E-state index contributed by atoms with van der Waals surface area (Å²) < 4.78 is 15.5. The second kappa shape index (κ2) is 7.79. The smallest absolute Gasteiger partial charge is 0.308 e. The van der Waals surface area contributed by atoms with E-state index in [1.54, 1.807) is 6.20 Å². The Morgan fingerprint density at radius 1 is 1.06 bits per heavy atom. The molecule has 0 amide bonds. The summed E-state index contributed by atoms with van der Waals surface area (Å²) in [6.45, 7) is 0. The highest BCUT2D eigenvalue weighted by Gasteiger charge is 2.47. The lowest BCUT2D eigenvalue weighted by atomic mass is 9.61. The molecule has 2 atom stereocenters. The number of carboxylic acid groups (broad SMARTS) is 1. The highest BCUT2D eigenvalue weighted by molar-refractivity contribution is 6.29. The average Bonchev–Trinajstić information content (AvgIpc) is 3.53. The number of nitrogens with one attached hydrogen (secondary N) is 3. The maximum Gasteiger partial charge on any atom is 0.308 e. The van der Waals surface area contributed by atoms with Gasteiger partial charge in [0.25, 0.3) is 0 Å². The molecule has 7 rings (SSSR count). The van der Waals surface area contributed by atoms with E-state index in [9.17, 15) is 9.90 Å². The maximum absolute atomic E-state index is 15.5. The fourth-order valence-corrected chi connectivity index (χ4v) is 5.52. The van der Waals surface area contributed by atoms with Crippen molar-refractivity contribution in [3.63, 3.8) is 0 Å². The quantitative estimate of drug-likeness (QED) is 0.423. The molecule has 172 valence electrons. The van der Waals surface area contributed by atoms with Crippen molar-refractivity contribution in [1.82, 2.24) is 24.9 Å².